The van der Waals surface area contributed by atoms with E-state index < -0.39 is 0 Å². The number of amides is 1. The Morgan fingerprint density at radius 3 is 2.50 bits per heavy atom. The van der Waals surface area contributed by atoms with E-state index in [-0.39, 0.29) is 5.91 Å². The lowest BCUT2D eigenvalue weighted by Gasteiger charge is -2.13. The van der Waals surface area contributed by atoms with Crippen LogP contribution < -0.4 is 21.5 Å². The predicted octanol–water partition coefficient (Wildman–Crippen LogP) is 1.69. The number of anilines is 3. The van der Waals surface area contributed by atoms with Crippen LogP contribution in [0.25, 0.3) is 0 Å². The molecule has 1 amide bonds. The van der Waals surface area contributed by atoms with E-state index in [4.69, 9.17) is 5.84 Å². The van der Waals surface area contributed by atoms with E-state index in [0.29, 0.717) is 11.3 Å². The molecule has 6 heteroatoms. The van der Waals surface area contributed by atoms with Gasteiger partial charge >= 0.3 is 0 Å². The van der Waals surface area contributed by atoms with Crippen LogP contribution in [-0.2, 0) is 0 Å². The first-order valence-corrected chi connectivity index (χ1v) is 6.11. The smallest absolute Gasteiger partial charge is 0.257 e. The second-order valence-corrected chi connectivity index (χ2v) is 4.46. The van der Waals surface area contributed by atoms with Crippen molar-refractivity contribution < 1.29 is 4.79 Å². The third-order valence-electron chi connectivity index (χ3n) is 2.86. The number of nitrogens with zero attached hydrogens (tertiary/aromatic N) is 2. The summed E-state index contributed by atoms with van der Waals surface area (Å²) in [6.07, 6.45) is 3.05. The lowest BCUT2D eigenvalue weighted by molar-refractivity contribution is 0.102. The first kappa shape index (κ1) is 13.8. The summed E-state index contributed by atoms with van der Waals surface area (Å²) in [5.41, 5.74) is 5.17. The van der Waals surface area contributed by atoms with Gasteiger partial charge in [-0.25, -0.2) is 0 Å². The van der Waals surface area contributed by atoms with E-state index in [1.165, 1.54) is 6.20 Å². The number of hydrogen-bond acceptors (Lipinski definition) is 5. The van der Waals surface area contributed by atoms with Crippen LogP contribution in [0.3, 0.4) is 0 Å². The Balaban J connectivity index is 2.15. The fourth-order valence-electron chi connectivity index (χ4n) is 1.75. The number of carbonyl (C=O) groups is 1. The SMILES string of the molecule is CN(C)c1ccc(NC(=O)c2ccncc2NN)cc1. The monoisotopic (exact) mass is 271 g/mol. The van der Waals surface area contributed by atoms with Gasteiger partial charge in [0.05, 0.1) is 17.4 Å². The van der Waals surface area contributed by atoms with Gasteiger partial charge in [-0.2, -0.15) is 0 Å². The standard InChI is InChI=1S/C14H17N5O/c1-19(2)11-5-3-10(4-6-11)17-14(20)12-7-8-16-9-13(12)18-15/h3-9,18H,15H2,1-2H3,(H,17,20). The number of nitrogen functional groups attached to an aromatic ring is 1. The van der Waals surface area contributed by atoms with Gasteiger partial charge < -0.3 is 15.6 Å². The van der Waals surface area contributed by atoms with Crippen LogP contribution in [0.2, 0.25) is 0 Å². The molecule has 1 heterocycles. The number of carbonyl (C=O) groups excluding carboxylic acids is 1. The summed E-state index contributed by atoms with van der Waals surface area (Å²) in [6, 6.07) is 9.18. The molecular weight excluding hydrogens is 254 g/mol. The Morgan fingerprint density at radius 1 is 1.20 bits per heavy atom. The fraction of sp³-hybridized carbons (Fsp3) is 0.143. The first-order chi connectivity index (χ1) is 9.61. The number of hydrazine groups is 1. The van der Waals surface area contributed by atoms with Gasteiger partial charge in [-0.05, 0) is 30.3 Å². The van der Waals surface area contributed by atoms with Crippen molar-refractivity contribution in [2.75, 3.05) is 29.7 Å². The van der Waals surface area contributed by atoms with Crippen molar-refractivity contribution in [3.05, 3.63) is 48.3 Å². The molecule has 2 rings (SSSR count). The molecule has 1 aromatic heterocycles. The summed E-state index contributed by atoms with van der Waals surface area (Å²) in [6.45, 7) is 0. The molecule has 2 aromatic rings. The average Bonchev–Trinajstić information content (AvgIpc) is 2.47. The molecule has 0 radical (unpaired) electrons. The van der Waals surface area contributed by atoms with Crippen molar-refractivity contribution in [2.24, 2.45) is 5.84 Å². The minimum atomic E-state index is -0.238. The molecule has 0 aliphatic heterocycles. The lowest BCUT2D eigenvalue weighted by atomic mass is 10.2. The molecule has 1 aromatic carbocycles. The van der Waals surface area contributed by atoms with E-state index in [1.54, 1.807) is 12.3 Å². The van der Waals surface area contributed by atoms with Crippen LogP contribution in [0.4, 0.5) is 17.1 Å². The Kier molecular flexibility index (Phi) is 4.17. The molecular formula is C14H17N5O. The van der Waals surface area contributed by atoms with Gasteiger partial charge in [-0.15, -0.1) is 0 Å². The zero-order chi connectivity index (χ0) is 14.5. The van der Waals surface area contributed by atoms with Crippen LogP contribution in [0.1, 0.15) is 10.4 Å². The highest BCUT2D eigenvalue weighted by atomic mass is 16.1. The van der Waals surface area contributed by atoms with Gasteiger partial charge in [0.2, 0.25) is 0 Å². The molecule has 0 aliphatic carbocycles. The Labute approximate surface area is 117 Å². The molecule has 0 unspecified atom stereocenters. The molecule has 104 valence electrons. The maximum Gasteiger partial charge on any atom is 0.257 e. The molecule has 0 fully saturated rings. The predicted molar refractivity (Wildman–Crippen MR) is 80.8 cm³/mol. The van der Waals surface area contributed by atoms with E-state index >= 15 is 0 Å². The molecule has 20 heavy (non-hydrogen) atoms. The first-order valence-electron chi connectivity index (χ1n) is 6.11. The minimum Gasteiger partial charge on any atom is -0.378 e. The number of nitrogens with one attached hydrogen (secondary N) is 2. The minimum absolute atomic E-state index is 0.238. The lowest BCUT2D eigenvalue weighted by Crippen LogP contribution is -2.17. The van der Waals surface area contributed by atoms with Crippen molar-refractivity contribution in [1.82, 2.24) is 4.98 Å². The summed E-state index contributed by atoms with van der Waals surface area (Å²) in [7, 11) is 3.92. The van der Waals surface area contributed by atoms with Gasteiger partial charge in [0.15, 0.2) is 0 Å². The van der Waals surface area contributed by atoms with E-state index in [0.717, 1.165) is 11.4 Å². The fourth-order valence-corrected chi connectivity index (χ4v) is 1.75. The number of nitrogens with two attached hydrogens (primary N) is 1. The van der Waals surface area contributed by atoms with E-state index in [2.05, 4.69) is 15.7 Å². The zero-order valence-corrected chi connectivity index (χ0v) is 11.4. The van der Waals surface area contributed by atoms with Gasteiger partial charge in [-0.3, -0.25) is 15.6 Å². The molecule has 0 saturated heterocycles. The van der Waals surface area contributed by atoms with Crippen LogP contribution in [-0.4, -0.2) is 25.0 Å². The highest BCUT2D eigenvalue weighted by molar-refractivity contribution is 6.07. The molecule has 0 bridgehead atoms. The summed E-state index contributed by atoms with van der Waals surface area (Å²) in [5, 5.41) is 2.82. The Morgan fingerprint density at radius 2 is 1.90 bits per heavy atom. The van der Waals surface area contributed by atoms with E-state index in [1.807, 2.05) is 43.3 Å². The Hall–Kier alpha value is -2.60. The molecule has 0 atom stereocenters. The van der Waals surface area contributed by atoms with Crippen molar-refractivity contribution in [2.45, 2.75) is 0 Å². The number of benzene rings is 1. The highest BCUT2D eigenvalue weighted by Gasteiger charge is 2.10. The largest absolute Gasteiger partial charge is 0.378 e. The highest BCUT2D eigenvalue weighted by Crippen LogP contribution is 2.18. The van der Waals surface area contributed by atoms with Crippen molar-refractivity contribution in [3.8, 4) is 0 Å². The second kappa shape index (κ2) is 6.03. The molecule has 0 aliphatic rings. The second-order valence-electron chi connectivity index (χ2n) is 4.46. The van der Waals surface area contributed by atoms with E-state index in [9.17, 15) is 4.79 Å². The molecule has 4 N–H and O–H groups in total. The quantitative estimate of drug-likeness (QED) is 0.582. The molecule has 6 nitrogen and oxygen atoms in total. The maximum absolute atomic E-state index is 12.2. The number of rotatable bonds is 4. The number of pyridine rings is 1. The van der Waals surface area contributed by atoms with Gasteiger partial charge in [0, 0.05) is 31.7 Å². The summed E-state index contributed by atoms with van der Waals surface area (Å²) >= 11 is 0. The maximum atomic E-state index is 12.2. The van der Waals surface area contributed by atoms with Crippen LogP contribution in [0.5, 0.6) is 0 Å². The normalized spacial score (nSPS) is 9.95. The van der Waals surface area contributed by atoms with Crippen molar-refractivity contribution in [1.29, 1.82) is 0 Å². The number of hydrogen-bond donors (Lipinski definition) is 3. The molecule has 0 saturated carbocycles. The summed E-state index contributed by atoms with van der Waals surface area (Å²) < 4.78 is 0. The van der Waals surface area contributed by atoms with Gasteiger partial charge in [0.25, 0.3) is 5.91 Å². The third-order valence-corrected chi connectivity index (χ3v) is 2.86. The molecule has 0 spiro atoms. The van der Waals surface area contributed by atoms with Gasteiger partial charge in [0.1, 0.15) is 0 Å². The average molecular weight is 271 g/mol. The van der Waals surface area contributed by atoms with Crippen molar-refractivity contribution >= 4 is 23.0 Å². The number of aromatic nitrogens is 1. The van der Waals surface area contributed by atoms with Crippen LogP contribution >= 0.6 is 0 Å². The van der Waals surface area contributed by atoms with Crippen LogP contribution in [0, 0.1) is 0 Å². The summed E-state index contributed by atoms with van der Waals surface area (Å²) in [4.78, 5) is 18.1. The topological polar surface area (TPSA) is 83.3 Å². The van der Waals surface area contributed by atoms with Crippen molar-refractivity contribution in [3.63, 3.8) is 0 Å². The van der Waals surface area contributed by atoms with Gasteiger partial charge in [-0.1, -0.05) is 0 Å². The Bertz CT molecular complexity index is 595. The third kappa shape index (κ3) is 3.04. The van der Waals surface area contributed by atoms with Crippen LogP contribution in [0.15, 0.2) is 42.7 Å². The zero-order valence-electron chi connectivity index (χ0n) is 11.4. The summed E-state index contributed by atoms with van der Waals surface area (Å²) in [5.74, 6) is 5.12.